The highest BCUT2D eigenvalue weighted by Crippen LogP contribution is 2.35. The lowest BCUT2D eigenvalue weighted by atomic mass is 10.1. The molecule has 4 atom stereocenters. The normalized spacial score (nSPS) is 30.4. The second-order valence-corrected chi connectivity index (χ2v) is 6.80. The highest BCUT2D eigenvalue weighted by molar-refractivity contribution is 6.28. The molecule has 1 aliphatic heterocycles. The number of nitrogens with one attached hydrogen (secondary N) is 1. The molecule has 135 valence electrons. The van der Waals surface area contributed by atoms with Crippen LogP contribution in [0.2, 0.25) is 5.28 Å². The van der Waals surface area contributed by atoms with Crippen LogP contribution in [0.3, 0.4) is 0 Å². The van der Waals surface area contributed by atoms with E-state index in [1.54, 1.807) is 0 Å². The molecular weight excluding hydrogens is 353 g/mol. The molecule has 0 bridgehead atoms. The van der Waals surface area contributed by atoms with Gasteiger partial charge in [-0.1, -0.05) is 12.8 Å². The predicted octanol–water partition coefficient (Wildman–Crippen LogP) is 1.86. The van der Waals surface area contributed by atoms with Crippen molar-refractivity contribution in [1.29, 1.82) is 0 Å². The number of halogens is 2. The summed E-state index contributed by atoms with van der Waals surface area (Å²) < 4.78 is 21.1. The van der Waals surface area contributed by atoms with E-state index in [1.165, 1.54) is 10.9 Å². The third-order valence-corrected chi connectivity index (χ3v) is 4.99. The summed E-state index contributed by atoms with van der Waals surface area (Å²) in [5.41, 5.74) is 0.749. The van der Waals surface area contributed by atoms with Crippen molar-refractivity contribution in [3.8, 4) is 0 Å². The Morgan fingerprint density at radius 3 is 2.84 bits per heavy atom. The quantitative estimate of drug-likeness (QED) is 0.796. The molecule has 1 aliphatic carbocycles. The summed E-state index contributed by atoms with van der Waals surface area (Å²) in [7, 11) is 0. The smallest absolute Gasteiger partial charge is 0.226 e. The first kappa shape index (κ1) is 16.9. The topological polar surface area (TPSA) is 105 Å². The lowest BCUT2D eigenvalue weighted by Gasteiger charge is -2.16. The molecule has 2 aromatic heterocycles. The van der Waals surface area contributed by atoms with Gasteiger partial charge in [-0.15, -0.1) is 0 Å². The Balaban J connectivity index is 1.70. The van der Waals surface area contributed by atoms with Crippen LogP contribution in [0.15, 0.2) is 6.33 Å². The monoisotopic (exact) mass is 370 g/mol. The van der Waals surface area contributed by atoms with Gasteiger partial charge >= 0.3 is 0 Å². The lowest BCUT2D eigenvalue weighted by Crippen LogP contribution is -2.30. The Morgan fingerprint density at radius 1 is 1.40 bits per heavy atom. The van der Waals surface area contributed by atoms with Gasteiger partial charge in [0, 0.05) is 6.04 Å². The van der Waals surface area contributed by atoms with Crippen LogP contribution < -0.4 is 5.32 Å². The Morgan fingerprint density at radius 2 is 2.16 bits per heavy atom. The molecule has 2 fully saturated rings. The van der Waals surface area contributed by atoms with E-state index in [1.807, 2.05) is 0 Å². The van der Waals surface area contributed by atoms with Crippen LogP contribution in [-0.2, 0) is 9.84 Å². The molecule has 2 aliphatic rings. The number of imidazole rings is 1. The molecule has 0 unspecified atom stereocenters. The van der Waals surface area contributed by atoms with Gasteiger partial charge in [0.05, 0.1) is 6.33 Å². The number of alkyl halides is 1. The zero-order chi connectivity index (χ0) is 17.6. The number of aliphatic hydroxyl groups is 1. The summed E-state index contributed by atoms with van der Waals surface area (Å²) in [4.78, 5) is 12.6. The second kappa shape index (κ2) is 6.64. The minimum atomic E-state index is -1.75. The molecule has 2 N–H and O–H groups in total. The van der Waals surface area contributed by atoms with Crippen molar-refractivity contribution in [3.63, 3.8) is 0 Å². The first-order chi connectivity index (χ1) is 12.1. The molecule has 1 saturated heterocycles. The van der Waals surface area contributed by atoms with Gasteiger partial charge in [0.2, 0.25) is 5.28 Å². The maximum Gasteiger partial charge on any atom is 0.226 e. The average Bonchev–Trinajstić information content (AvgIpc) is 3.29. The van der Waals surface area contributed by atoms with Crippen LogP contribution >= 0.6 is 11.6 Å². The fourth-order valence-corrected chi connectivity index (χ4v) is 3.67. The van der Waals surface area contributed by atoms with E-state index in [0.29, 0.717) is 23.0 Å². The highest BCUT2D eigenvalue weighted by atomic mass is 35.5. The highest BCUT2D eigenvalue weighted by Gasteiger charge is 2.45. The number of ether oxygens (including phenoxy) is 1. The maximum absolute atomic E-state index is 14.4. The summed E-state index contributed by atoms with van der Waals surface area (Å²) in [5.74, 6) is 0.495. The summed E-state index contributed by atoms with van der Waals surface area (Å²) in [6.45, 7) is -0.727. The first-order valence-electron chi connectivity index (χ1n) is 8.31. The number of aromatic nitrogens is 4. The van der Waals surface area contributed by atoms with Gasteiger partial charge in [-0.3, -0.25) is 4.57 Å². The Labute approximate surface area is 148 Å². The standard InChI is InChI=1S/C15H18ClFN5O3/c16-15-20-12(19-7-3-1-2-4-7)10-13(21-15)22(6-18-10)14-9(17)11(24)8(5-23)25-14/h6-9,11,14,24H,1-5H2,(H,19,20,21)/t8-,9+,11-,14-/m1/s1. The van der Waals surface area contributed by atoms with Crippen LogP contribution in [0, 0.1) is 0 Å². The molecule has 1 radical (unpaired) electrons. The molecule has 10 heteroatoms. The van der Waals surface area contributed by atoms with Crippen molar-refractivity contribution in [2.45, 2.75) is 56.3 Å². The van der Waals surface area contributed by atoms with Gasteiger partial charge in [-0.2, -0.15) is 9.97 Å². The number of rotatable bonds is 4. The number of nitrogens with zero attached hydrogens (tertiary/aromatic N) is 4. The molecule has 2 aromatic rings. The fraction of sp³-hybridized carbons (Fsp3) is 0.667. The minimum absolute atomic E-state index is 0.00377. The third-order valence-electron chi connectivity index (χ3n) is 4.82. The lowest BCUT2D eigenvalue weighted by molar-refractivity contribution is -0.0593. The van der Waals surface area contributed by atoms with Crippen LogP contribution in [0.4, 0.5) is 10.2 Å². The summed E-state index contributed by atoms with van der Waals surface area (Å²) >= 11 is 6.03. The number of aliphatic hydroxyl groups excluding tert-OH is 1. The van der Waals surface area contributed by atoms with Crippen molar-refractivity contribution in [2.24, 2.45) is 0 Å². The van der Waals surface area contributed by atoms with E-state index in [4.69, 9.17) is 16.3 Å². The van der Waals surface area contributed by atoms with Crippen molar-refractivity contribution < 1.29 is 19.3 Å². The molecule has 3 heterocycles. The first-order valence-corrected chi connectivity index (χ1v) is 8.68. The Hall–Kier alpha value is -1.55. The van der Waals surface area contributed by atoms with Crippen LogP contribution in [0.1, 0.15) is 31.9 Å². The van der Waals surface area contributed by atoms with E-state index >= 15 is 0 Å². The van der Waals surface area contributed by atoms with Gasteiger partial charge in [0.25, 0.3) is 0 Å². The molecule has 0 aromatic carbocycles. The fourth-order valence-electron chi connectivity index (χ4n) is 3.51. The van der Waals surface area contributed by atoms with Crippen LogP contribution in [0.25, 0.3) is 11.2 Å². The Bertz CT molecular complexity index is 769. The molecule has 4 rings (SSSR count). The van der Waals surface area contributed by atoms with E-state index in [2.05, 4.69) is 20.3 Å². The molecule has 8 nitrogen and oxygen atoms in total. The molecule has 25 heavy (non-hydrogen) atoms. The SMILES string of the molecule is [O]C[C@H]1O[C@@H](n2cnc3c(NC4CCCC4)nc(Cl)nc32)[C@@H](F)[C@@H]1O. The number of hydrogen-bond acceptors (Lipinski definition) is 6. The van der Waals surface area contributed by atoms with E-state index < -0.39 is 31.2 Å². The van der Waals surface area contributed by atoms with Crippen molar-refractivity contribution in [3.05, 3.63) is 11.6 Å². The van der Waals surface area contributed by atoms with Crippen molar-refractivity contribution in [2.75, 3.05) is 11.9 Å². The summed E-state index contributed by atoms with van der Waals surface area (Å²) in [6.07, 6.45) is 0.245. The molecule has 0 spiro atoms. The average molecular weight is 371 g/mol. The van der Waals surface area contributed by atoms with Crippen LogP contribution in [0.5, 0.6) is 0 Å². The molecule has 0 amide bonds. The Kier molecular flexibility index (Phi) is 4.48. The third kappa shape index (κ3) is 2.95. The van der Waals surface area contributed by atoms with Gasteiger partial charge < -0.3 is 15.2 Å². The van der Waals surface area contributed by atoms with Gasteiger partial charge in [-0.25, -0.2) is 14.5 Å². The number of hydrogen-bond donors (Lipinski definition) is 2. The van der Waals surface area contributed by atoms with E-state index in [0.717, 1.165) is 25.7 Å². The summed E-state index contributed by atoms with van der Waals surface area (Å²) in [5, 5.41) is 24.2. The second-order valence-electron chi connectivity index (χ2n) is 6.46. The minimum Gasteiger partial charge on any atom is -0.387 e. The van der Waals surface area contributed by atoms with Crippen molar-refractivity contribution >= 4 is 28.6 Å². The number of fused-ring (bicyclic) bond motifs is 1. The van der Waals surface area contributed by atoms with Gasteiger partial charge in [-0.05, 0) is 24.4 Å². The van der Waals surface area contributed by atoms with E-state index in [9.17, 15) is 14.6 Å². The van der Waals surface area contributed by atoms with Crippen molar-refractivity contribution in [1.82, 2.24) is 19.5 Å². The molecule has 1 saturated carbocycles. The predicted molar refractivity (Wildman–Crippen MR) is 86.6 cm³/mol. The number of anilines is 1. The van der Waals surface area contributed by atoms with Crippen LogP contribution in [-0.4, -0.2) is 55.7 Å². The summed E-state index contributed by atoms with van der Waals surface area (Å²) in [6, 6.07) is 0.294. The van der Waals surface area contributed by atoms with Gasteiger partial charge in [0.15, 0.2) is 29.4 Å². The zero-order valence-corrected chi connectivity index (χ0v) is 14.1. The largest absolute Gasteiger partial charge is 0.387 e. The van der Waals surface area contributed by atoms with Gasteiger partial charge in [0.1, 0.15) is 18.8 Å². The van der Waals surface area contributed by atoms with E-state index in [-0.39, 0.29) is 5.28 Å². The zero-order valence-electron chi connectivity index (χ0n) is 13.3. The maximum atomic E-state index is 14.4. The molecular formula is C15H18ClFN5O3.